The highest BCUT2D eigenvalue weighted by Crippen LogP contribution is 2.20. The highest BCUT2D eigenvalue weighted by atomic mass is 16.6. The maximum atomic E-state index is 10.5. The van der Waals surface area contributed by atoms with Gasteiger partial charge < -0.3 is 10.1 Å². The molecule has 1 aromatic heterocycles. The van der Waals surface area contributed by atoms with Crippen molar-refractivity contribution in [2.45, 2.75) is 13.3 Å². The van der Waals surface area contributed by atoms with Crippen molar-refractivity contribution in [1.29, 1.82) is 0 Å². The van der Waals surface area contributed by atoms with Crippen LogP contribution in [0, 0.1) is 17.0 Å². The Labute approximate surface area is 122 Å². The summed E-state index contributed by atoms with van der Waals surface area (Å²) in [7, 11) is 1.65. The second-order valence-electron chi connectivity index (χ2n) is 4.65. The first-order valence-corrected chi connectivity index (χ1v) is 6.58. The lowest BCUT2D eigenvalue weighted by molar-refractivity contribution is -0.385. The molecule has 0 bridgehead atoms. The number of methoxy groups -OCH3 is 1. The van der Waals surface area contributed by atoms with Gasteiger partial charge in [0.25, 0.3) is 5.69 Å². The van der Waals surface area contributed by atoms with Gasteiger partial charge in [-0.3, -0.25) is 10.1 Å². The molecule has 2 rings (SSSR count). The number of aromatic nitrogens is 1. The van der Waals surface area contributed by atoms with Crippen LogP contribution in [0.1, 0.15) is 11.1 Å². The molecule has 1 heterocycles. The lowest BCUT2D eigenvalue weighted by Crippen LogP contribution is -2.07. The largest absolute Gasteiger partial charge is 0.496 e. The first-order valence-electron chi connectivity index (χ1n) is 6.58. The van der Waals surface area contributed by atoms with E-state index >= 15 is 0 Å². The predicted octanol–water partition coefficient (Wildman–Crippen LogP) is 2.96. The molecule has 21 heavy (non-hydrogen) atoms. The van der Waals surface area contributed by atoms with Gasteiger partial charge in [0.05, 0.1) is 12.0 Å². The Morgan fingerprint density at radius 3 is 2.76 bits per heavy atom. The zero-order valence-electron chi connectivity index (χ0n) is 12.0. The smallest absolute Gasteiger partial charge is 0.287 e. The summed E-state index contributed by atoms with van der Waals surface area (Å²) in [6.07, 6.45) is 2.03. The van der Waals surface area contributed by atoms with Gasteiger partial charge in [0.15, 0.2) is 0 Å². The van der Waals surface area contributed by atoms with Crippen LogP contribution < -0.4 is 10.1 Å². The van der Waals surface area contributed by atoms with Crippen LogP contribution in [-0.2, 0) is 6.42 Å². The Kier molecular flexibility index (Phi) is 4.71. The third-order valence-electron chi connectivity index (χ3n) is 3.10. The van der Waals surface area contributed by atoms with Crippen molar-refractivity contribution in [3.8, 4) is 5.75 Å². The van der Waals surface area contributed by atoms with Gasteiger partial charge in [-0.25, -0.2) is 4.98 Å². The molecule has 0 aliphatic rings. The first kappa shape index (κ1) is 14.8. The molecule has 6 nitrogen and oxygen atoms in total. The lowest BCUT2D eigenvalue weighted by Gasteiger charge is -2.10. The number of hydrogen-bond acceptors (Lipinski definition) is 5. The third kappa shape index (κ3) is 3.92. The van der Waals surface area contributed by atoms with E-state index in [9.17, 15) is 10.1 Å². The van der Waals surface area contributed by atoms with Crippen LogP contribution in [0.15, 0.2) is 36.5 Å². The summed E-state index contributed by atoms with van der Waals surface area (Å²) in [6, 6.07) is 9.08. The van der Waals surface area contributed by atoms with Crippen LogP contribution in [-0.4, -0.2) is 23.6 Å². The Morgan fingerprint density at radius 1 is 1.33 bits per heavy atom. The molecular weight excluding hydrogens is 270 g/mol. The molecule has 0 amide bonds. The van der Waals surface area contributed by atoms with E-state index in [1.165, 1.54) is 17.8 Å². The van der Waals surface area contributed by atoms with Gasteiger partial charge in [-0.05, 0) is 31.0 Å². The van der Waals surface area contributed by atoms with Crippen LogP contribution in [0.5, 0.6) is 5.75 Å². The van der Waals surface area contributed by atoms with E-state index in [1.54, 1.807) is 13.2 Å². The highest BCUT2D eigenvalue weighted by molar-refractivity contribution is 5.41. The van der Waals surface area contributed by atoms with E-state index in [0.717, 1.165) is 17.7 Å². The van der Waals surface area contributed by atoms with E-state index in [1.807, 2.05) is 19.1 Å². The van der Waals surface area contributed by atoms with E-state index < -0.39 is 4.92 Å². The maximum Gasteiger partial charge on any atom is 0.287 e. The molecule has 0 aliphatic heterocycles. The topological polar surface area (TPSA) is 77.3 Å². The molecule has 110 valence electrons. The number of nitro groups is 1. The highest BCUT2D eigenvalue weighted by Gasteiger charge is 2.06. The Morgan fingerprint density at radius 2 is 2.14 bits per heavy atom. The summed E-state index contributed by atoms with van der Waals surface area (Å²) in [5.74, 6) is 1.48. The van der Waals surface area contributed by atoms with Crippen LogP contribution >= 0.6 is 0 Å². The molecule has 1 aromatic carbocycles. The minimum absolute atomic E-state index is 0.0131. The normalized spacial score (nSPS) is 10.2. The lowest BCUT2D eigenvalue weighted by atomic mass is 10.1. The Balaban J connectivity index is 1.95. The number of hydrogen-bond donors (Lipinski definition) is 1. The van der Waals surface area contributed by atoms with Crippen molar-refractivity contribution in [3.05, 3.63) is 57.8 Å². The fraction of sp³-hybridized carbons (Fsp3) is 0.267. The molecule has 0 atom stereocenters. The number of nitrogens with zero attached hydrogens (tertiary/aromatic N) is 2. The number of pyridine rings is 1. The molecule has 0 unspecified atom stereocenters. The van der Waals surface area contributed by atoms with Gasteiger partial charge >= 0.3 is 0 Å². The van der Waals surface area contributed by atoms with Crippen molar-refractivity contribution in [2.75, 3.05) is 19.0 Å². The number of benzene rings is 1. The zero-order chi connectivity index (χ0) is 15.2. The van der Waals surface area contributed by atoms with Crippen molar-refractivity contribution in [1.82, 2.24) is 4.98 Å². The average molecular weight is 287 g/mol. The number of ether oxygens (including phenoxy) is 1. The maximum absolute atomic E-state index is 10.5. The molecule has 2 aromatic rings. The van der Waals surface area contributed by atoms with Gasteiger partial charge in [-0.1, -0.05) is 17.7 Å². The molecular formula is C15H17N3O3. The van der Waals surface area contributed by atoms with E-state index in [4.69, 9.17) is 4.74 Å². The summed E-state index contributed by atoms with van der Waals surface area (Å²) in [4.78, 5) is 14.1. The Hall–Kier alpha value is -2.63. The molecule has 1 N–H and O–H groups in total. The second kappa shape index (κ2) is 6.69. The Bertz CT molecular complexity index is 627. The summed E-state index contributed by atoms with van der Waals surface area (Å²) in [6.45, 7) is 2.71. The number of aryl methyl sites for hydroxylation is 1. The van der Waals surface area contributed by atoms with Gasteiger partial charge in [-0.2, -0.15) is 0 Å². The number of rotatable bonds is 6. The molecule has 0 saturated carbocycles. The summed E-state index contributed by atoms with van der Waals surface area (Å²) in [5, 5.41) is 13.7. The van der Waals surface area contributed by atoms with Crippen LogP contribution in [0.4, 0.5) is 11.5 Å². The fourth-order valence-electron chi connectivity index (χ4n) is 2.03. The standard InChI is InChI=1S/C15H17N3O3/c1-11-3-5-14(21-2)12(9-11)7-8-16-15-6-4-13(10-17-15)18(19)20/h3-6,9-10H,7-8H2,1-2H3,(H,16,17). The third-order valence-corrected chi connectivity index (χ3v) is 3.10. The summed E-state index contributed by atoms with van der Waals surface area (Å²) >= 11 is 0. The van der Waals surface area contributed by atoms with E-state index in [0.29, 0.717) is 12.4 Å². The molecule has 0 spiro atoms. The second-order valence-corrected chi connectivity index (χ2v) is 4.65. The monoisotopic (exact) mass is 287 g/mol. The summed E-state index contributed by atoms with van der Waals surface area (Å²) in [5.41, 5.74) is 2.28. The van der Waals surface area contributed by atoms with Crippen molar-refractivity contribution in [2.24, 2.45) is 0 Å². The molecule has 6 heteroatoms. The quantitative estimate of drug-likeness (QED) is 0.653. The zero-order valence-corrected chi connectivity index (χ0v) is 12.0. The van der Waals surface area contributed by atoms with Crippen molar-refractivity contribution in [3.63, 3.8) is 0 Å². The van der Waals surface area contributed by atoms with Crippen molar-refractivity contribution >= 4 is 11.5 Å². The molecule has 0 radical (unpaired) electrons. The fourth-order valence-corrected chi connectivity index (χ4v) is 2.03. The molecule has 0 aliphatic carbocycles. The number of anilines is 1. The predicted molar refractivity (Wildman–Crippen MR) is 80.8 cm³/mol. The van der Waals surface area contributed by atoms with E-state index in [-0.39, 0.29) is 5.69 Å². The minimum atomic E-state index is -0.464. The van der Waals surface area contributed by atoms with Crippen molar-refractivity contribution < 1.29 is 9.66 Å². The van der Waals surface area contributed by atoms with Crippen LogP contribution in [0.25, 0.3) is 0 Å². The minimum Gasteiger partial charge on any atom is -0.496 e. The average Bonchev–Trinajstić information content (AvgIpc) is 2.48. The van der Waals surface area contributed by atoms with Gasteiger partial charge in [0.2, 0.25) is 0 Å². The summed E-state index contributed by atoms with van der Waals surface area (Å²) < 4.78 is 5.33. The molecule has 0 fully saturated rings. The van der Waals surface area contributed by atoms with Gasteiger partial charge in [0.1, 0.15) is 17.8 Å². The van der Waals surface area contributed by atoms with Gasteiger partial charge in [-0.15, -0.1) is 0 Å². The van der Waals surface area contributed by atoms with Crippen LogP contribution in [0.2, 0.25) is 0 Å². The van der Waals surface area contributed by atoms with E-state index in [2.05, 4.69) is 16.4 Å². The first-order chi connectivity index (χ1) is 10.1. The molecule has 0 saturated heterocycles. The SMILES string of the molecule is COc1ccc(C)cc1CCNc1ccc([N+](=O)[O-])cn1. The van der Waals surface area contributed by atoms with Gasteiger partial charge in [0, 0.05) is 12.6 Å². The van der Waals surface area contributed by atoms with Crippen LogP contribution in [0.3, 0.4) is 0 Å². The number of nitrogens with one attached hydrogen (secondary N) is 1.